The summed E-state index contributed by atoms with van der Waals surface area (Å²) in [7, 11) is 0. The van der Waals surface area contributed by atoms with Gasteiger partial charge in [0.1, 0.15) is 5.75 Å². The highest BCUT2D eigenvalue weighted by atomic mass is 79.9. The molecule has 0 saturated carbocycles. The Labute approximate surface area is 120 Å². The third-order valence-corrected chi connectivity index (χ3v) is 4.02. The SMILES string of the molecule is O=[N+]([O-])c1ccc(Br)c(OCCC2CCNCC2)c1. The molecule has 5 nitrogen and oxygen atoms in total. The number of benzene rings is 1. The summed E-state index contributed by atoms with van der Waals surface area (Å²) in [6.45, 7) is 2.75. The van der Waals surface area contributed by atoms with E-state index in [9.17, 15) is 10.1 Å². The van der Waals surface area contributed by atoms with E-state index in [-0.39, 0.29) is 5.69 Å². The largest absolute Gasteiger partial charge is 0.492 e. The standard InChI is InChI=1S/C13H17BrN2O3/c14-12-2-1-11(16(17)18)9-13(12)19-8-5-10-3-6-15-7-4-10/h1-2,9-10,15H,3-8H2. The smallest absolute Gasteiger partial charge is 0.273 e. The monoisotopic (exact) mass is 328 g/mol. The van der Waals surface area contributed by atoms with E-state index in [0.29, 0.717) is 18.3 Å². The summed E-state index contributed by atoms with van der Waals surface area (Å²) >= 11 is 3.35. The number of nitrogens with zero attached hydrogens (tertiary/aromatic N) is 1. The van der Waals surface area contributed by atoms with Crippen LogP contribution in [0.2, 0.25) is 0 Å². The minimum absolute atomic E-state index is 0.0556. The average molecular weight is 329 g/mol. The number of non-ortho nitro benzene ring substituents is 1. The lowest BCUT2D eigenvalue weighted by atomic mass is 9.95. The van der Waals surface area contributed by atoms with Gasteiger partial charge in [-0.1, -0.05) is 0 Å². The zero-order chi connectivity index (χ0) is 13.7. The Balaban J connectivity index is 1.87. The molecule has 1 heterocycles. The molecular formula is C13H17BrN2O3. The fourth-order valence-corrected chi connectivity index (χ4v) is 2.58. The van der Waals surface area contributed by atoms with Crippen molar-refractivity contribution in [3.63, 3.8) is 0 Å². The van der Waals surface area contributed by atoms with Crippen molar-refractivity contribution in [3.05, 3.63) is 32.8 Å². The van der Waals surface area contributed by atoms with E-state index in [1.165, 1.54) is 25.0 Å². The van der Waals surface area contributed by atoms with Crippen molar-refractivity contribution in [2.45, 2.75) is 19.3 Å². The minimum Gasteiger partial charge on any atom is -0.492 e. The molecule has 1 N–H and O–H groups in total. The van der Waals surface area contributed by atoms with Gasteiger partial charge in [0, 0.05) is 6.07 Å². The zero-order valence-corrected chi connectivity index (χ0v) is 12.2. The van der Waals surface area contributed by atoms with Crippen molar-refractivity contribution in [1.29, 1.82) is 0 Å². The Bertz CT molecular complexity index is 448. The van der Waals surface area contributed by atoms with Crippen LogP contribution in [-0.2, 0) is 0 Å². The Morgan fingerprint density at radius 1 is 1.42 bits per heavy atom. The van der Waals surface area contributed by atoms with Gasteiger partial charge in [0.15, 0.2) is 0 Å². The van der Waals surface area contributed by atoms with Crippen LogP contribution >= 0.6 is 15.9 Å². The predicted molar refractivity (Wildman–Crippen MR) is 76.5 cm³/mol. The highest BCUT2D eigenvalue weighted by Gasteiger charge is 2.14. The predicted octanol–water partition coefficient (Wildman–Crippen LogP) is 3.13. The van der Waals surface area contributed by atoms with Gasteiger partial charge in [0.25, 0.3) is 5.69 Å². The van der Waals surface area contributed by atoms with Gasteiger partial charge in [-0.3, -0.25) is 10.1 Å². The molecule has 1 fully saturated rings. The van der Waals surface area contributed by atoms with E-state index in [1.807, 2.05) is 0 Å². The van der Waals surface area contributed by atoms with Gasteiger partial charge in [-0.2, -0.15) is 0 Å². The number of hydrogen-bond acceptors (Lipinski definition) is 4. The van der Waals surface area contributed by atoms with Crippen molar-refractivity contribution in [1.82, 2.24) is 5.32 Å². The maximum atomic E-state index is 10.7. The molecule has 0 radical (unpaired) electrons. The fourth-order valence-electron chi connectivity index (χ4n) is 2.22. The number of nitro benzene ring substituents is 1. The van der Waals surface area contributed by atoms with Crippen molar-refractivity contribution in [2.75, 3.05) is 19.7 Å². The molecule has 0 atom stereocenters. The van der Waals surface area contributed by atoms with Gasteiger partial charge in [-0.15, -0.1) is 0 Å². The summed E-state index contributed by atoms with van der Waals surface area (Å²) < 4.78 is 6.41. The third kappa shape index (κ3) is 4.18. The molecule has 104 valence electrons. The lowest BCUT2D eigenvalue weighted by Crippen LogP contribution is -2.28. The van der Waals surface area contributed by atoms with Crippen LogP contribution in [0.3, 0.4) is 0 Å². The van der Waals surface area contributed by atoms with Crippen molar-refractivity contribution in [2.24, 2.45) is 5.92 Å². The first-order valence-corrected chi connectivity index (χ1v) is 7.23. The number of nitro groups is 1. The summed E-state index contributed by atoms with van der Waals surface area (Å²) in [5.74, 6) is 1.24. The number of nitrogens with one attached hydrogen (secondary N) is 1. The molecule has 1 saturated heterocycles. The molecule has 19 heavy (non-hydrogen) atoms. The van der Waals surface area contributed by atoms with Gasteiger partial charge in [-0.05, 0) is 60.3 Å². The van der Waals surface area contributed by atoms with Gasteiger partial charge >= 0.3 is 0 Å². The normalized spacial score (nSPS) is 16.3. The number of rotatable bonds is 5. The van der Waals surface area contributed by atoms with Crippen LogP contribution in [0.1, 0.15) is 19.3 Å². The van der Waals surface area contributed by atoms with Crippen molar-refractivity contribution >= 4 is 21.6 Å². The Morgan fingerprint density at radius 3 is 2.84 bits per heavy atom. The molecule has 6 heteroatoms. The molecule has 0 bridgehead atoms. The molecular weight excluding hydrogens is 312 g/mol. The Kier molecular flexibility index (Phi) is 5.15. The maximum Gasteiger partial charge on any atom is 0.273 e. The topological polar surface area (TPSA) is 64.4 Å². The number of hydrogen-bond donors (Lipinski definition) is 1. The number of ether oxygens (including phenoxy) is 1. The Morgan fingerprint density at radius 2 is 2.16 bits per heavy atom. The molecule has 1 aromatic carbocycles. The first-order valence-electron chi connectivity index (χ1n) is 6.44. The summed E-state index contributed by atoms with van der Waals surface area (Å²) in [4.78, 5) is 10.3. The lowest BCUT2D eigenvalue weighted by Gasteiger charge is -2.22. The van der Waals surface area contributed by atoms with Crippen LogP contribution in [0.4, 0.5) is 5.69 Å². The first-order chi connectivity index (χ1) is 9.16. The highest BCUT2D eigenvalue weighted by Crippen LogP contribution is 2.29. The zero-order valence-electron chi connectivity index (χ0n) is 10.6. The molecule has 0 aromatic heterocycles. The van der Waals surface area contributed by atoms with Crippen LogP contribution in [0, 0.1) is 16.0 Å². The molecule has 1 aromatic rings. The van der Waals surface area contributed by atoms with Gasteiger partial charge in [0.2, 0.25) is 0 Å². The quantitative estimate of drug-likeness (QED) is 0.666. The van der Waals surface area contributed by atoms with Crippen LogP contribution in [0.25, 0.3) is 0 Å². The van der Waals surface area contributed by atoms with Crippen molar-refractivity contribution < 1.29 is 9.66 Å². The molecule has 1 aliphatic heterocycles. The van der Waals surface area contributed by atoms with Gasteiger partial charge < -0.3 is 10.1 Å². The van der Waals surface area contributed by atoms with Crippen LogP contribution in [0.15, 0.2) is 22.7 Å². The van der Waals surface area contributed by atoms with E-state index in [2.05, 4.69) is 21.2 Å². The second kappa shape index (κ2) is 6.86. The van der Waals surface area contributed by atoms with Crippen LogP contribution in [-0.4, -0.2) is 24.6 Å². The number of piperidine rings is 1. The minimum atomic E-state index is -0.411. The summed E-state index contributed by atoms with van der Waals surface area (Å²) in [5.41, 5.74) is 0.0556. The van der Waals surface area contributed by atoms with E-state index in [0.717, 1.165) is 24.0 Å². The van der Waals surface area contributed by atoms with Crippen LogP contribution < -0.4 is 10.1 Å². The third-order valence-electron chi connectivity index (χ3n) is 3.37. The summed E-state index contributed by atoms with van der Waals surface area (Å²) in [5, 5.41) is 14.0. The molecule has 0 unspecified atom stereocenters. The van der Waals surface area contributed by atoms with E-state index in [1.54, 1.807) is 6.07 Å². The van der Waals surface area contributed by atoms with E-state index < -0.39 is 4.92 Å². The lowest BCUT2D eigenvalue weighted by molar-refractivity contribution is -0.385. The van der Waals surface area contributed by atoms with Gasteiger partial charge in [0.05, 0.1) is 22.1 Å². The van der Waals surface area contributed by atoms with Crippen molar-refractivity contribution in [3.8, 4) is 5.75 Å². The number of halogens is 1. The molecule has 0 aliphatic carbocycles. The molecule has 1 aliphatic rings. The Hall–Kier alpha value is -1.14. The molecule has 2 rings (SSSR count). The van der Waals surface area contributed by atoms with E-state index >= 15 is 0 Å². The summed E-state index contributed by atoms with van der Waals surface area (Å²) in [6.07, 6.45) is 3.36. The van der Waals surface area contributed by atoms with E-state index in [4.69, 9.17) is 4.74 Å². The molecule has 0 amide bonds. The second-order valence-electron chi connectivity index (χ2n) is 4.70. The van der Waals surface area contributed by atoms with Crippen LogP contribution in [0.5, 0.6) is 5.75 Å². The average Bonchev–Trinajstić information content (AvgIpc) is 2.42. The molecule has 0 spiro atoms. The maximum absolute atomic E-state index is 10.7. The fraction of sp³-hybridized carbons (Fsp3) is 0.538. The first kappa shape index (κ1) is 14.3. The summed E-state index contributed by atoms with van der Waals surface area (Å²) in [6, 6.07) is 4.58. The second-order valence-corrected chi connectivity index (χ2v) is 5.56. The highest BCUT2D eigenvalue weighted by molar-refractivity contribution is 9.10. The van der Waals surface area contributed by atoms with Gasteiger partial charge in [-0.25, -0.2) is 0 Å².